The summed E-state index contributed by atoms with van der Waals surface area (Å²) in [4.78, 5) is 11.6. The Labute approximate surface area is 105 Å². The molecule has 1 saturated heterocycles. The van der Waals surface area contributed by atoms with Crippen LogP contribution < -0.4 is 10.6 Å². The Kier molecular flexibility index (Phi) is 4.37. The maximum Gasteiger partial charge on any atom is 0.315 e. The first-order chi connectivity index (χ1) is 8.55. The minimum atomic E-state index is -2.55. The molecule has 0 bridgehead atoms. The Hall–Kier alpha value is -0.910. The van der Waals surface area contributed by atoms with Crippen LogP contribution in [0.4, 0.5) is 13.6 Å². The van der Waals surface area contributed by atoms with Gasteiger partial charge in [-0.05, 0) is 25.7 Å². The number of amides is 2. The second kappa shape index (κ2) is 5.82. The molecule has 104 valence electrons. The molecule has 2 amide bonds. The average molecular weight is 262 g/mol. The van der Waals surface area contributed by atoms with E-state index in [9.17, 15) is 13.6 Å². The molecule has 2 N–H and O–H groups in total. The molecule has 1 saturated carbocycles. The van der Waals surface area contributed by atoms with Gasteiger partial charge in [0.15, 0.2) is 0 Å². The van der Waals surface area contributed by atoms with E-state index in [2.05, 4.69) is 10.6 Å². The van der Waals surface area contributed by atoms with Crippen LogP contribution in [0.15, 0.2) is 0 Å². The van der Waals surface area contributed by atoms with E-state index in [-0.39, 0.29) is 31.0 Å². The van der Waals surface area contributed by atoms with Crippen molar-refractivity contribution in [3.05, 3.63) is 0 Å². The van der Waals surface area contributed by atoms with Gasteiger partial charge in [0, 0.05) is 32.0 Å². The Morgan fingerprint density at radius 2 is 2.00 bits per heavy atom. The maximum atomic E-state index is 12.9. The summed E-state index contributed by atoms with van der Waals surface area (Å²) in [6.07, 6.45) is 2.53. The highest BCUT2D eigenvalue weighted by atomic mass is 19.3. The Balaban J connectivity index is 1.62. The second-order valence-electron chi connectivity index (χ2n) is 5.12. The number of nitrogens with one attached hydrogen (secondary N) is 2. The molecule has 0 aromatic heterocycles. The van der Waals surface area contributed by atoms with E-state index < -0.39 is 5.92 Å². The van der Waals surface area contributed by atoms with Gasteiger partial charge in [-0.3, -0.25) is 0 Å². The summed E-state index contributed by atoms with van der Waals surface area (Å²) in [5.41, 5.74) is 0. The van der Waals surface area contributed by atoms with Crippen LogP contribution in [0.5, 0.6) is 0 Å². The largest absolute Gasteiger partial charge is 0.376 e. The molecule has 2 fully saturated rings. The molecule has 6 heteroatoms. The normalized spacial score (nSPS) is 28.0. The zero-order valence-electron chi connectivity index (χ0n) is 10.4. The summed E-state index contributed by atoms with van der Waals surface area (Å²) in [6.45, 7) is 1.25. The first-order valence-corrected chi connectivity index (χ1v) is 6.59. The second-order valence-corrected chi connectivity index (χ2v) is 5.12. The summed E-state index contributed by atoms with van der Waals surface area (Å²) in [6, 6.07) is -0.408. The highest BCUT2D eigenvalue weighted by molar-refractivity contribution is 5.74. The molecule has 0 aromatic rings. The molecule has 0 unspecified atom stereocenters. The standard InChI is InChI=1S/C12H20F2N2O2/c13-12(14)5-3-9(4-6-12)16-11(17)15-8-10-2-1-7-18-10/h9-10H,1-8H2,(H2,15,16,17)/t10-/m0/s1. The molecule has 0 aromatic carbocycles. The van der Waals surface area contributed by atoms with E-state index in [0.717, 1.165) is 19.4 Å². The number of rotatable bonds is 3. The van der Waals surface area contributed by atoms with Gasteiger partial charge in [0.2, 0.25) is 5.92 Å². The van der Waals surface area contributed by atoms with Crippen LogP contribution in [-0.2, 0) is 4.74 Å². The van der Waals surface area contributed by atoms with Crippen LogP contribution in [0.1, 0.15) is 38.5 Å². The summed E-state index contributed by atoms with van der Waals surface area (Å²) >= 11 is 0. The molecule has 2 aliphatic rings. The Morgan fingerprint density at radius 1 is 1.28 bits per heavy atom. The topological polar surface area (TPSA) is 50.4 Å². The Morgan fingerprint density at radius 3 is 2.61 bits per heavy atom. The molecule has 4 nitrogen and oxygen atoms in total. The lowest BCUT2D eigenvalue weighted by Gasteiger charge is -2.28. The van der Waals surface area contributed by atoms with Gasteiger partial charge in [-0.25, -0.2) is 13.6 Å². The number of carbonyl (C=O) groups is 1. The molecule has 1 aliphatic heterocycles. The van der Waals surface area contributed by atoms with Crippen LogP contribution in [0, 0.1) is 0 Å². The molecule has 0 spiro atoms. The predicted molar refractivity (Wildman–Crippen MR) is 62.7 cm³/mol. The monoisotopic (exact) mass is 262 g/mol. The minimum Gasteiger partial charge on any atom is -0.376 e. The van der Waals surface area contributed by atoms with Crippen molar-refractivity contribution in [2.75, 3.05) is 13.2 Å². The van der Waals surface area contributed by atoms with Crippen LogP contribution in [0.25, 0.3) is 0 Å². The fourth-order valence-electron chi connectivity index (χ4n) is 2.43. The van der Waals surface area contributed by atoms with Crippen molar-refractivity contribution in [3.63, 3.8) is 0 Å². The van der Waals surface area contributed by atoms with E-state index in [1.54, 1.807) is 0 Å². The van der Waals surface area contributed by atoms with Crippen LogP contribution in [0.3, 0.4) is 0 Å². The lowest BCUT2D eigenvalue weighted by Crippen LogP contribution is -2.46. The summed E-state index contributed by atoms with van der Waals surface area (Å²) in [5, 5.41) is 5.47. The SMILES string of the molecule is O=C(NC[C@@H]1CCCO1)NC1CCC(F)(F)CC1. The van der Waals surface area contributed by atoms with Crippen LogP contribution in [0.2, 0.25) is 0 Å². The first-order valence-electron chi connectivity index (χ1n) is 6.59. The Bertz CT molecular complexity index is 284. The number of urea groups is 1. The van der Waals surface area contributed by atoms with E-state index >= 15 is 0 Å². The molecule has 18 heavy (non-hydrogen) atoms. The van der Waals surface area contributed by atoms with Gasteiger partial charge in [0.1, 0.15) is 0 Å². The fourth-order valence-corrected chi connectivity index (χ4v) is 2.43. The number of ether oxygens (including phenoxy) is 1. The van der Waals surface area contributed by atoms with Crippen molar-refractivity contribution in [1.29, 1.82) is 0 Å². The minimum absolute atomic E-state index is 0.103. The van der Waals surface area contributed by atoms with Gasteiger partial charge in [-0.2, -0.15) is 0 Å². The zero-order chi connectivity index (χ0) is 13.0. The molecule has 1 aliphatic carbocycles. The number of alkyl halides is 2. The molecule has 1 atom stereocenters. The van der Waals surface area contributed by atoms with Gasteiger partial charge < -0.3 is 15.4 Å². The fraction of sp³-hybridized carbons (Fsp3) is 0.917. The average Bonchev–Trinajstić information content (AvgIpc) is 2.82. The van der Waals surface area contributed by atoms with E-state index in [1.807, 2.05) is 0 Å². The summed E-state index contributed by atoms with van der Waals surface area (Å²) < 4.78 is 31.2. The highest BCUT2D eigenvalue weighted by Gasteiger charge is 2.35. The zero-order valence-corrected chi connectivity index (χ0v) is 10.4. The number of hydrogen-bond acceptors (Lipinski definition) is 2. The third kappa shape index (κ3) is 4.08. The number of halogens is 2. The third-order valence-corrected chi connectivity index (χ3v) is 3.57. The number of hydrogen-bond donors (Lipinski definition) is 2. The maximum absolute atomic E-state index is 12.9. The van der Waals surface area contributed by atoms with Crippen LogP contribution in [-0.4, -0.2) is 37.3 Å². The molecular formula is C12H20F2N2O2. The summed E-state index contributed by atoms with van der Waals surface area (Å²) in [5.74, 6) is -2.55. The van der Waals surface area contributed by atoms with Crippen LogP contribution >= 0.6 is 0 Å². The van der Waals surface area contributed by atoms with Crippen molar-refractivity contribution >= 4 is 6.03 Å². The van der Waals surface area contributed by atoms with Crippen molar-refractivity contribution < 1.29 is 18.3 Å². The molecule has 1 heterocycles. The van der Waals surface area contributed by atoms with Gasteiger partial charge in [-0.1, -0.05) is 0 Å². The quantitative estimate of drug-likeness (QED) is 0.817. The highest BCUT2D eigenvalue weighted by Crippen LogP contribution is 2.32. The van der Waals surface area contributed by atoms with Crippen molar-refractivity contribution in [2.45, 2.75) is 56.6 Å². The predicted octanol–water partition coefficient (Wildman–Crippen LogP) is 2.04. The first kappa shape index (κ1) is 13.5. The van der Waals surface area contributed by atoms with Crippen molar-refractivity contribution in [2.24, 2.45) is 0 Å². The lowest BCUT2D eigenvalue weighted by molar-refractivity contribution is -0.0395. The van der Waals surface area contributed by atoms with Crippen molar-refractivity contribution in [1.82, 2.24) is 10.6 Å². The van der Waals surface area contributed by atoms with E-state index in [4.69, 9.17) is 4.74 Å². The van der Waals surface area contributed by atoms with E-state index in [0.29, 0.717) is 19.4 Å². The van der Waals surface area contributed by atoms with E-state index in [1.165, 1.54) is 0 Å². The molecular weight excluding hydrogens is 242 g/mol. The smallest absolute Gasteiger partial charge is 0.315 e. The molecule has 2 rings (SSSR count). The van der Waals surface area contributed by atoms with Gasteiger partial charge in [-0.15, -0.1) is 0 Å². The van der Waals surface area contributed by atoms with Crippen molar-refractivity contribution in [3.8, 4) is 0 Å². The van der Waals surface area contributed by atoms with Gasteiger partial charge in [0.05, 0.1) is 6.10 Å². The van der Waals surface area contributed by atoms with Gasteiger partial charge >= 0.3 is 6.03 Å². The lowest BCUT2D eigenvalue weighted by atomic mass is 9.92. The summed E-state index contributed by atoms with van der Waals surface area (Å²) in [7, 11) is 0. The van der Waals surface area contributed by atoms with Gasteiger partial charge in [0.25, 0.3) is 0 Å². The number of carbonyl (C=O) groups excluding carboxylic acids is 1. The third-order valence-electron chi connectivity index (χ3n) is 3.57. The molecule has 0 radical (unpaired) electrons.